The van der Waals surface area contributed by atoms with Crippen LogP contribution >= 0.6 is 0 Å². The maximum absolute atomic E-state index is 5.75. The van der Waals surface area contributed by atoms with Crippen LogP contribution in [0.5, 0.6) is 0 Å². The number of hydrogen-bond acceptors (Lipinski definition) is 3. The van der Waals surface area contributed by atoms with Crippen LogP contribution in [0.2, 0.25) is 0 Å². The highest BCUT2D eigenvalue weighted by molar-refractivity contribution is 5.37. The summed E-state index contributed by atoms with van der Waals surface area (Å²) < 4.78 is 11.2. The van der Waals surface area contributed by atoms with Crippen molar-refractivity contribution >= 4 is 0 Å². The van der Waals surface area contributed by atoms with Crippen LogP contribution in [0.15, 0.2) is 30.0 Å². The summed E-state index contributed by atoms with van der Waals surface area (Å²) >= 11 is 0. The van der Waals surface area contributed by atoms with Crippen molar-refractivity contribution in [3.63, 3.8) is 0 Å². The summed E-state index contributed by atoms with van der Waals surface area (Å²) in [5.74, 6) is 1.08. The van der Waals surface area contributed by atoms with E-state index in [1.165, 1.54) is 16.7 Å². The number of fused-ring (bicyclic) bond motifs is 1. The second-order valence-electron chi connectivity index (χ2n) is 5.15. The summed E-state index contributed by atoms with van der Waals surface area (Å²) in [6.07, 6.45) is 4.35. The molecule has 2 aliphatic rings. The van der Waals surface area contributed by atoms with E-state index in [0.29, 0.717) is 0 Å². The molecule has 1 unspecified atom stereocenters. The first-order valence-corrected chi connectivity index (χ1v) is 7.14. The number of benzene rings is 1. The van der Waals surface area contributed by atoms with Gasteiger partial charge in [-0.05, 0) is 35.7 Å². The standard InChI is InChI=1S/C16H21NO2/c1-2-7-17-16(15-4-3-8-19-15)12-5-6-13-10-18-11-14(13)9-12/h4-6,9,16-17H,2-3,7-8,10-11H2,1H3. The largest absolute Gasteiger partial charge is 0.496 e. The topological polar surface area (TPSA) is 30.5 Å². The molecule has 2 heterocycles. The van der Waals surface area contributed by atoms with E-state index in [0.717, 1.165) is 45.0 Å². The minimum absolute atomic E-state index is 0.188. The van der Waals surface area contributed by atoms with E-state index in [4.69, 9.17) is 9.47 Å². The van der Waals surface area contributed by atoms with Gasteiger partial charge < -0.3 is 14.8 Å². The lowest BCUT2D eigenvalue weighted by Gasteiger charge is -2.20. The highest BCUT2D eigenvalue weighted by Crippen LogP contribution is 2.30. The summed E-state index contributed by atoms with van der Waals surface area (Å²) in [7, 11) is 0. The Balaban J connectivity index is 1.85. The van der Waals surface area contributed by atoms with Gasteiger partial charge in [-0.25, -0.2) is 0 Å². The van der Waals surface area contributed by atoms with Crippen LogP contribution in [-0.4, -0.2) is 13.2 Å². The van der Waals surface area contributed by atoms with Crippen LogP contribution in [-0.2, 0) is 22.7 Å². The van der Waals surface area contributed by atoms with Gasteiger partial charge in [-0.1, -0.05) is 25.1 Å². The van der Waals surface area contributed by atoms with Crippen LogP contribution in [0.3, 0.4) is 0 Å². The molecule has 1 aromatic rings. The van der Waals surface area contributed by atoms with Crippen LogP contribution < -0.4 is 5.32 Å². The van der Waals surface area contributed by atoms with Gasteiger partial charge in [-0.2, -0.15) is 0 Å². The zero-order valence-electron chi connectivity index (χ0n) is 11.4. The van der Waals surface area contributed by atoms with Crippen molar-refractivity contribution < 1.29 is 9.47 Å². The van der Waals surface area contributed by atoms with E-state index in [1.54, 1.807) is 0 Å². The Hall–Kier alpha value is -1.32. The molecule has 1 atom stereocenters. The minimum Gasteiger partial charge on any atom is -0.496 e. The van der Waals surface area contributed by atoms with Gasteiger partial charge in [0.05, 0.1) is 25.9 Å². The highest BCUT2D eigenvalue weighted by Gasteiger charge is 2.22. The third-order valence-corrected chi connectivity index (χ3v) is 3.69. The smallest absolute Gasteiger partial charge is 0.114 e. The fraction of sp³-hybridized carbons (Fsp3) is 0.500. The molecule has 0 aliphatic carbocycles. The Bertz CT molecular complexity index is 482. The Kier molecular flexibility index (Phi) is 3.85. The van der Waals surface area contributed by atoms with Gasteiger partial charge in [0.1, 0.15) is 5.76 Å². The van der Waals surface area contributed by atoms with Gasteiger partial charge in [0.25, 0.3) is 0 Å². The molecule has 0 saturated carbocycles. The van der Waals surface area contributed by atoms with E-state index < -0.39 is 0 Å². The average molecular weight is 259 g/mol. The Morgan fingerprint density at radius 3 is 2.95 bits per heavy atom. The van der Waals surface area contributed by atoms with Crippen LogP contribution in [0.4, 0.5) is 0 Å². The fourth-order valence-corrected chi connectivity index (χ4v) is 2.68. The molecule has 0 saturated heterocycles. The molecule has 102 valence electrons. The SMILES string of the molecule is CCCNC(C1=CCCO1)c1ccc2c(c1)COC2. The summed E-state index contributed by atoms with van der Waals surface area (Å²) in [6.45, 7) is 5.49. The lowest BCUT2D eigenvalue weighted by atomic mass is 9.99. The Labute approximate surface area is 114 Å². The predicted molar refractivity (Wildman–Crippen MR) is 74.6 cm³/mol. The zero-order valence-corrected chi connectivity index (χ0v) is 11.4. The molecule has 0 fully saturated rings. The lowest BCUT2D eigenvalue weighted by Crippen LogP contribution is -2.24. The van der Waals surface area contributed by atoms with Crippen molar-refractivity contribution in [2.75, 3.05) is 13.2 Å². The van der Waals surface area contributed by atoms with E-state index in [-0.39, 0.29) is 6.04 Å². The molecule has 3 heteroatoms. The van der Waals surface area contributed by atoms with Crippen molar-refractivity contribution in [2.45, 2.75) is 39.0 Å². The third kappa shape index (κ3) is 2.67. The molecule has 3 nitrogen and oxygen atoms in total. The number of rotatable bonds is 5. The van der Waals surface area contributed by atoms with Crippen LogP contribution in [0.1, 0.15) is 42.5 Å². The molecule has 1 aromatic carbocycles. The first-order chi connectivity index (χ1) is 9.38. The Morgan fingerprint density at radius 1 is 1.26 bits per heavy atom. The van der Waals surface area contributed by atoms with Gasteiger partial charge in [0.2, 0.25) is 0 Å². The van der Waals surface area contributed by atoms with Crippen molar-refractivity contribution in [1.82, 2.24) is 5.32 Å². The number of hydrogen-bond donors (Lipinski definition) is 1. The Morgan fingerprint density at radius 2 is 2.16 bits per heavy atom. The molecule has 2 aliphatic heterocycles. The maximum atomic E-state index is 5.75. The minimum atomic E-state index is 0.188. The van der Waals surface area contributed by atoms with Gasteiger partial charge in [-0.3, -0.25) is 0 Å². The molecule has 0 aromatic heterocycles. The van der Waals surface area contributed by atoms with E-state index in [1.807, 2.05) is 0 Å². The van der Waals surface area contributed by atoms with Crippen LogP contribution in [0, 0.1) is 0 Å². The first-order valence-electron chi connectivity index (χ1n) is 7.14. The van der Waals surface area contributed by atoms with E-state index >= 15 is 0 Å². The molecule has 0 spiro atoms. The normalized spacial score (nSPS) is 18.9. The van der Waals surface area contributed by atoms with Crippen molar-refractivity contribution in [1.29, 1.82) is 0 Å². The molecule has 3 rings (SSSR count). The van der Waals surface area contributed by atoms with Gasteiger partial charge in [0, 0.05) is 6.42 Å². The molecule has 0 amide bonds. The van der Waals surface area contributed by atoms with Gasteiger partial charge in [0.15, 0.2) is 0 Å². The van der Waals surface area contributed by atoms with Crippen molar-refractivity contribution in [2.24, 2.45) is 0 Å². The highest BCUT2D eigenvalue weighted by atomic mass is 16.5. The van der Waals surface area contributed by atoms with E-state index in [9.17, 15) is 0 Å². The summed E-state index contributed by atoms with van der Waals surface area (Å²) in [5, 5.41) is 3.58. The summed E-state index contributed by atoms with van der Waals surface area (Å²) in [4.78, 5) is 0. The molecule has 0 radical (unpaired) electrons. The van der Waals surface area contributed by atoms with Crippen LogP contribution in [0.25, 0.3) is 0 Å². The molecule has 19 heavy (non-hydrogen) atoms. The third-order valence-electron chi connectivity index (χ3n) is 3.69. The molecular weight excluding hydrogens is 238 g/mol. The monoisotopic (exact) mass is 259 g/mol. The van der Waals surface area contributed by atoms with E-state index in [2.05, 4.69) is 36.5 Å². The predicted octanol–water partition coefficient (Wildman–Crippen LogP) is 3.06. The van der Waals surface area contributed by atoms with Gasteiger partial charge in [-0.15, -0.1) is 0 Å². The fourth-order valence-electron chi connectivity index (χ4n) is 2.68. The molecule has 0 bridgehead atoms. The lowest BCUT2D eigenvalue weighted by molar-refractivity contribution is 0.134. The van der Waals surface area contributed by atoms with Gasteiger partial charge >= 0.3 is 0 Å². The van der Waals surface area contributed by atoms with Crippen molar-refractivity contribution in [3.8, 4) is 0 Å². The average Bonchev–Trinajstić information content (AvgIpc) is 3.09. The molecular formula is C16H21NO2. The maximum Gasteiger partial charge on any atom is 0.114 e. The quantitative estimate of drug-likeness (QED) is 0.881. The zero-order chi connectivity index (χ0) is 13.1. The number of nitrogens with one attached hydrogen (secondary N) is 1. The summed E-state index contributed by atoms with van der Waals surface area (Å²) in [5.41, 5.74) is 3.92. The van der Waals surface area contributed by atoms with Crippen molar-refractivity contribution in [3.05, 3.63) is 46.7 Å². The number of ether oxygens (including phenoxy) is 2. The second kappa shape index (κ2) is 5.76. The summed E-state index contributed by atoms with van der Waals surface area (Å²) in [6, 6.07) is 6.84. The molecule has 1 N–H and O–H groups in total. The first kappa shape index (κ1) is 12.7. The second-order valence-corrected chi connectivity index (χ2v) is 5.15.